The van der Waals surface area contributed by atoms with Gasteiger partial charge in [-0.3, -0.25) is 0 Å². The third-order valence-corrected chi connectivity index (χ3v) is 6.40. The molecule has 0 radical (unpaired) electrons. The van der Waals surface area contributed by atoms with E-state index >= 15 is 0 Å². The molecule has 1 aromatic carbocycles. The average molecular weight is 268 g/mol. The van der Waals surface area contributed by atoms with Gasteiger partial charge < -0.3 is 0 Å². The van der Waals surface area contributed by atoms with Crippen molar-refractivity contribution >= 4 is 0 Å². The standard InChI is InChI=1S/C20H28/c1-4-16(3)19-10-13-20(14-11-19,15-12-19)18-8-6-17(5-2)7-9-18/h6-9H,3-5,10-15H2,1-2H3. The van der Waals surface area contributed by atoms with E-state index in [0.29, 0.717) is 10.8 Å². The number of aryl methyl sites for hydroxylation is 1. The predicted octanol–water partition coefficient (Wildman–Crippen LogP) is 5.81. The van der Waals surface area contributed by atoms with Crippen molar-refractivity contribution in [3.05, 3.63) is 47.5 Å². The third kappa shape index (κ3) is 2.05. The van der Waals surface area contributed by atoms with Crippen molar-refractivity contribution in [3.63, 3.8) is 0 Å². The van der Waals surface area contributed by atoms with E-state index in [4.69, 9.17) is 0 Å². The molecule has 0 saturated heterocycles. The number of hydrogen-bond donors (Lipinski definition) is 0. The zero-order valence-electron chi connectivity index (χ0n) is 13.2. The number of fused-ring (bicyclic) bond motifs is 3. The SMILES string of the molecule is C=C(CC)C12CCC(c3ccc(CC)cc3)(CC1)CC2. The van der Waals surface area contributed by atoms with Crippen molar-refractivity contribution < 1.29 is 0 Å². The molecule has 2 bridgehead atoms. The predicted molar refractivity (Wildman–Crippen MR) is 87.1 cm³/mol. The third-order valence-electron chi connectivity index (χ3n) is 6.40. The van der Waals surface area contributed by atoms with Crippen LogP contribution >= 0.6 is 0 Å². The lowest BCUT2D eigenvalue weighted by molar-refractivity contribution is 0.0678. The molecule has 0 aliphatic heterocycles. The van der Waals surface area contributed by atoms with Crippen molar-refractivity contribution in [2.24, 2.45) is 5.41 Å². The van der Waals surface area contributed by atoms with Crippen LogP contribution in [-0.4, -0.2) is 0 Å². The van der Waals surface area contributed by atoms with Crippen LogP contribution in [0.5, 0.6) is 0 Å². The molecule has 0 amide bonds. The normalized spacial score (nSPS) is 32.3. The highest BCUT2D eigenvalue weighted by atomic mass is 14.5. The maximum absolute atomic E-state index is 4.38. The lowest BCUT2D eigenvalue weighted by Gasteiger charge is -2.55. The maximum Gasteiger partial charge on any atom is -0.00460 e. The van der Waals surface area contributed by atoms with Gasteiger partial charge in [0, 0.05) is 0 Å². The Hall–Kier alpha value is -1.04. The Morgan fingerprint density at radius 3 is 1.95 bits per heavy atom. The van der Waals surface area contributed by atoms with Crippen molar-refractivity contribution in [1.29, 1.82) is 0 Å². The Kier molecular flexibility index (Phi) is 3.52. The first-order valence-electron chi connectivity index (χ1n) is 8.42. The van der Waals surface area contributed by atoms with E-state index in [1.54, 1.807) is 5.56 Å². The van der Waals surface area contributed by atoms with E-state index in [9.17, 15) is 0 Å². The van der Waals surface area contributed by atoms with Gasteiger partial charge in [-0.1, -0.05) is 50.3 Å². The zero-order valence-corrected chi connectivity index (χ0v) is 13.2. The first-order chi connectivity index (χ1) is 9.64. The first-order valence-corrected chi connectivity index (χ1v) is 8.42. The molecular weight excluding hydrogens is 240 g/mol. The second-order valence-electron chi connectivity index (χ2n) is 7.07. The lowest BCUT2D eigenvalue weighted by atomic mass is 9.50. The minimum atomic E-state index is 0.488. The molecule has 108 valence electrons. The molecule has 3 saturated carbocycles. The fourth-order valence-corrected chi connectivity index (χ4v) is 4.62. The van der Waals surface area contributed by atoms with Gasteiger partial charge in [-0.25, -0.2) is 0 Å². The van der Waals surface area contributed by atoms with Crippen molar-refractivity contribution in [1.82, 2.24) is 0 Å². The van der Waals surface area contributed by atoms with E-state index in [1.807, 2.05) is 0 Å². The Morgan fingerprint density at radius 1 is 0.950 bits per heavy atom. The van der Waals surface area contributed by atoms with Gasteiger partial charge in [-0.2, -0.15) is 0 Å². The molecule has 0 heterocycles. The zero-order chi connectivity index (χ0) is 14.2. The van der Waals surface area contributed by atoms with Crippen LogP contribution in [0.2, 0.25) is 0 Å². The maximum atomic E-state index is 4.38. The molecule has 4 rings (SSSR count). The van der Waals surface area contributed by atoms with Crippen LogP contribution < -0.4 is 0 Å². The second kappa shape index (κ2) is 5.06. The molecule has 1 aromatic rings. The topological polar surface area (TPSA) is 0 Å². The van der Waals surface area contributed by atoms with Crippen LogP contribution in [0.1, 0.15) is 69.9 Å². The molecule has 0 unspecified atom stereocenters. The van der Waals surface area contributed by atoms with E-state index in [0.717, 1.165) is 12.8 Å². The van der Waals surface area contributed by atoms with Crippen LogP contribution in [0.15, 0.2) is 36.4 Å². The van der Waals surface area contributed by atoms with E-state index in [1.165, 1.54) is 49.7 Å². The fourth-order valence-electron chi connectivity index (χ4n) is 4.62. The summed E-state index contributed by atoms with van der Waals surface area (Å²) in [6.07, 6.45) is 10.5. The molecule has 3 aliphatic rings. The van der Waals surface area contributed by atoms with E-state index in [-0.39, 0.29) is 0 Å². The highest BCUT2D eigenvalue weighted by Gasteiger charge is 2.49. The average Bonchev–Trinajstić information content (AvgIpc) is 2.55. The molecule has 0 N–H and O–H groups in total. The van der Waals surface area contributed by atoms with Gasteiger partial charge in [0.2, 0.25) is 0 Å². The molecule has 0 nitrogen and oxygen atoms in total. The van der Waals surface area contributed by atoms with Gasteiger partial charge in [-0.05, 0) is 73.3 Å². The van der Waals surface area contributed by atoms with Gasteiger partial charge in [0.1, 0.15) is 0 Å². The summed E-state index contributed by atoms with van der Waals surface area (Å²) in [4.78, 5) is 0. The van der Waals surface area contributed by atoms with Gasteiger partial charge in [-0.15, -0.1) is 0 Å². The molecule has 20 heavy (non-hydrogen) atoms. The molecule has 0 heteroatoms. The summed E-state index contributed by atoms with van der Waals surface area (Å²) in [7, 11) is 0. The molecule has 0 atom stereocenters. The highest BCUT2D eigenvalue weighted by molar-refractivity contribution is 5.33. The molecule has 0 spiro atoms. The number of allylic oxidation sites excluding steroid dienone is 1. The summed E-state index contributed by atoms with van der Waals surface area (Å²) in [5, 5.41) is 0. The number of rotatable bonds is 4. The Morgan fingerprint density at radius 2 is 1.50 bits per heavy atom. The fraction of sp³-hybridized carbons (Fsp3) is 0.600. The number of benzene rings is 1. The van der Waals surface area contributed by atoms with Crippen molar-refractivity contribution in [2.45, 2.75) is 70.6 Å². The molecule has 0 aromatic heterocycles. The Labute approximate surface area is 124 Å². The van der Waals surface area contributed by atoms with Crippen LogP contribution in [0.3, 0.4) is 0 Å². The van der Waals surface area contributed by atoms with Gasteiger partial charge in [0.15, 0.2) is 0 Å². The van der Waals surface area contributed by atoms with Crippen LogP contribution in [0.25, 0.3) is 0 Å². The molecular formula is C20H28. The van der Waals surface area contributed by atoms with Crippen LogP contribution in [0.4, 0.5) is 0 Å². The minimum Gasteiger partial charge on any atom is -0.0993 e. The van der Waals surface area contributed by atoms with Crippen molar-refractivity contribution in [3.8, 4) is 0 Å². The minimum absolute atomic E-state index is 0.488. The Bertz CT molecular complexity index is 467. The Balaban J connectivity index is 1.82. The van der Waals surface area contributed by atoms with Gasteiger partial charge in [0.05, 0.1) is 0 Å². The summed E-state index contributed by atoms with van der Waals surface area (Å²) in [5.41, 5.74) is 5.57. The summed E-state index contributed by atoms with van der Waals surface area (Å²) in [5.74, 6) is 0. The summed E-state index contributed by atoms with van der Waals surface area (Å²) >= 11 is 0. The lowest BCUT2D eigenvalue weighted by Crippen LogP contribution is -2.44. The number of hydrogen-bond acceptors (Lipinski definition) is 0. The van der Waals surface area contributed by atoms with E-state index < -0.39 is 0 Å². The van der Waals surface area contributed by atoms with Crippen LogP contribution in [0, 0.1) is 5.41 Å². The van der Waals surface area contributed by atoms with Gasteiger partial charge in [0.25, 0.3) is 0 Å². The monoisotopic (exact) mass is 268 g/mol. The van der Waals surface area contributed by atoms with E-state index in [2.05, 4.69) is 44.7 Å². The van der Waals surface area contributed by atoms with Crippen molar-refractivity contribution in [2.75, 3.05) is 0 Å². The highest BCUT2D eigenvalue weighted by Crippen LogP contribution is 2.60. The summed E-state index contributed by atoms with van der Waals surface area (Å²) in [6, 6.07) is 9.49. The summed E-state index contributed by atoms with van der Waals surface area (Å²) in [6.45, 7) is 8.89. The first kappa shape index (κ1) is 13.9. The molecule has 3 aliphatic carbocycles. The summed E-state index contributed by atoms with van der Waals surface area (Å²) < 4.78 is 0. The van der Waals surface area contributed by atoms with Crippen LogP contribution in [-0.2, 0) is 11.8 Å². The quantitative estimate of drug-likeness (QED) is 0.605. The van der Waals surface area contributed by atoms with Gasteiger partial charge >= 0.3 is 0 Å². The molecule has 3 fully saturated rings. The smallest absolute Gasteiger partial charge is 0.00460 e. The largest absolute Gasteiger partial charge is 0.0993 e. The second-order valence-corrected chi connectivity index (χ2v) is 7.07.